The van der Waals surface area contributed by atoms with Crippen molar-refractivity contribution in [2.45, 2.75) is 19.4 Å². The molecule has 2 nitrogen and oxygen atoms in total. The first kappa shape index (κ1) is 7.19. The molecular weight excluding hydrogens is 124 g/mol. The topological polar surface area (TPSA) is 15.3 Å². The maximum atomic E-state index is 3.96. The molecule has 1 rings (SSSR count). The molecule has 56 valence electrons. The largest absolute Gasteiger partial charge is 0.379 e. The highest BCUT2D eigenvalue weighted by atomic mass is 15.2. The minimum absolute atomic E-state index is 0.00347. The first-order valence-corrected chi connectivity index (χ1v) is 3.40. The van der Waals surface area contributed by atoms with E-state index in [2.05, 4.69) is 25.7 Å². The van der Waals surface area contributed by atoms with E-state index in [1.165, 1.54) is 0 Å². The fourth-order valence-electron chi connectivity index (χ4n) is 0.972. The molecule has 2 heteroatoms. The molecule has 0 aliphatic carbocycles. The summed E-state index contributed by atoms with van der Waals surface area (Å²) in [7, 11) is 2.00. The van der Waals surface area contributed by atoms with E-state index in [4.69, 9.17) is 0 Å². The van der Waals surface area contributed by atoms with E-state index in [0.29, 0.717) is 0 Å². The molecule has 0 saturated heterocycles. The average Bonchev–Trinajstić information content (AvgIpc) is 1.83. The summed E-state index contributed by atoms with van der Waals surface area (Å²) in [4.78, 5) is 2.02. The summed E-state index contributed by atoms with van der Waals surface area (Å²) < 4.78 is 0. The first-order valence-electron chi connectivity index (χ1n) is 3.40. The van der Waals surface area contributed by atoms with Gasteiger partial charge in [0.05, 0.1) is 5.54 Å². The molecule has 1 heterocycles. The van der Waals surface area contributed by atoms with Crippen LogP contribution in [0.4, 0.5) is 0 Å². The summed E-state index contributed by atoms with van der Waals surface area (Å²) in [5.41, 5.74) is 1.10. The standard InChI is InChI=1S/C8H14N2/c1-7-8(2,3)9-5-6-10(7)4/h5-6,9H,1H2,2-4H3. The highest BCUT2D eigenvalue weighted by Gasteiger charge is 2.24. The van der Waals surface area contributed by atoms with Crippen LogP contribution in [0, 0.1) is 0 Å². The molecule has 0 unspecified atom stereocenters. The molecule has 0 fully saturated rings. The number of hydrogen-bond donors (Lipinski definition) is 1. The molecule has 0 bridgehead atoms. The van der Waals surface area contributed by atoms with Crippen LogP contribution in [0.15, 0.2) is 24.7 Å². The number of nitrogens with one attached hydrogen (secondary N) is 1. The Labute approximate surface area is 62.2 Å². The van der Waals surface area contributed by atoms with Crippen molar-refractivity contribution in [3.8, 4) is 0 Å². The molecule has 1 aliphatic rings. The Balaban J connectivity index is 2.85. The quantitative estimate of drug-likeness (QED) is 0.542. The van der Waals surface area contributed by atoms with Gasteiger partial charge in [-0.3, -0.25) is 0 Å². The zero-order valence-corrected chi connectivity index (χ0v) is 6.81. The van der Waals surface area contributed by atoms with Crippen LogP contribution in [0.25, 0.3) is 0 Å². The molecule has 1 N–H and O–H groups in total. The van der Waals surface area contributed by atoms with Crippen LogP contribution in [0.5, 0.6) is 0 Å². The molecule has 0 amide bonds. The summed E-state index contributed by atoms with van der Waals surface area (Å²) in [5, 5.41) is 3.22. The molecule has 0 radical (unpaired) electrons. The summed E-state index contributed by atoms with van der Waals surface area (Å²) in [6.07, 6.45) is 3.91. The van der Waals surface area contributed by atoms with Crippen molar-refractivity contribution in [1.29, 1.82) is 0 Å². The second kappa shape index (κ2) is 2.04. The molecule has 0 aromatic heterocycles. The van der Waals surface area contributed by atoms with Crippen LogP contribution in [0.3, 0.4) is 0 Å². The number of nitrogens with zero attached hydrogens (tertiary/aromatic N) is 1. The van der Waals surface area contributed by atoms with Crippen LogP contribution >= 0.6 is 0 Å². The minimum Gasteiger partial charge on any atom is -0.379 e. The highest BCUT2D eigenvalue weighted by Crippen LogP contribution is 2.19. The lowest BCUT2D eigenvalue weighted by atomic mass is 10.00. The third-order valence-corrected chi connectivity index (χ3v) is 1.89. The average molecular weight is 138 g/mol. The molecular formula is C8H14N2. The smallest absolute Gasteiger partial charge is 0.0708 e. The van der Waals surface area contributed by atoms with Crippen LogP contribution in [0.1, 0.15) is 13.8 Å². The maximum Gasteiger partial charge on any atom is 0.0708 e. The Morgan fingerprint density at radius 3 is 2.60 bits per heavy atom. The number of rotatable bonds is 0. The fourth-order valence-corrected chi connectivity index (χ4v) is 0.972. The molecule has 0 spiro atoms. The van der Waals surface area contributed by atoms with Crippen molar-refractivity contribution in [2.24, 2.45) is 0 Å². The zero-order chi connectivity index (χ0) is 7.78. The number of likely N-dealkylation sites (N-methyl/N-ethyl adjacent to an activating group) is 1. The monoisotopic (exact) mass is 138 g/mol. The first-order chi connectivity index (χ1) is 4.54. The van der Waals surface area contributed by atoms with Crippen molar-refractivity contribution >= 4 is 0 Å². The predicted molar refractivity (Wildman–Crippen MR) is 43.3 cm³/mol. The second-order valence-corrected chi connectivity index (χ2v) is 3.14. The predicted octanol–water partition coefficient (Wildman–Crippen LogP) is 1.28. The molecule has 0 atom stereocenters. The molecule has 0 aromatic rings. The summed E-state index contributed by atoms with van der Waals surface area (Å²) in [6, 6.07) is 0. The van der Waals surface area contributed by atoms with Gasteiger partial charge in [0.25, 0.3) is 0 Å². The third-order valence-electron chi connectivity index (χ3n) is 1.89. The highest BCUT2D eigenvalue weighted by molar-refractivity contribution is 5.18. The second-order valence-electron chi connectivity index (χ2n) is 3.14. The van der Waals surface area contributed by atoms with Crippen molar-refractivity contribution in [1.82, 2.24) is 10.2 Å². The van der Waals surface area contributed by atoms with Gasteiger partial charge < -0.3 is 10.2 Å². The lowest BCUT2D eigenvalue weighted by Gasteiger charge is -2.36. The van der Waals surface area contributed by atoms with Gasteiger partial charge in [0.15, 0.2) is 0 Å². The minimum atomic E-state index is 0.00347. The van der Waals surface area contributed by atoms with Gasteiger partial charge in [-0.15, -0.1) is 0 Å². The van der Waals surface area contributed by atoms with Gasteiger partial charge in [-0.05, 0) is 13.8 Å². The van der Waals surface area contributed by atoms with Gasteiger partial charge in [0.1, 0.15) is 0 Å². The van der Waals surface area contributed by atoms with Gasteiger partial charge >= 0.3 is 0 Å². The van der Waals surface area contributed by atoms with E-state index in [1.54, 1.807) is 0 Å². The number of hydrogen-bond acceptors (Lipinski definition) is 2. The summed E-state index contributed by atoms with van der Waals surface area (Å²) >= 11 is 0. The van der Waals surface area contributed by atoms with E-state index in [9.17, 15) is 0 Å². The van der Waals surface area contributed by atoms with E-state index >= 15 is 0 Å². The van der Waals surface area contributed by atoms with Crippen LogP contribution in [-0.2, 0) is 0 Å². The molecule has 10 heavy (non-hydrogen) atoms. The van der Waals surface area contributed by atoms with Crippen LogP contribution < -0.4 is 5.32 Å². The van der Waals surface area contributed by atoms with Crippen molar-refractivity contribution in [2.75, 3.05) is 7.05 Å². The van der Waals surface area contributed by atoms with Gasteiger partial charge in [0, 0.05) is 25.1 Å². The van der Waals surface area contributed by atoms with Crippen LogP contribution in [0.2, 0.25) is 0 Å². The summed E-state index contributed by atoms with van der Waals surface area (Å²) in [6.45, 7) is 8.17. The fraction of sp³-hybridized carbons (Fsp3) is 0.500. The normalized spacial score (nSPS) is 22.7. The van der Waals surface area contributed by atoms with Gasteiger partial charge in [-0.25, -0.2) is 0 Å². The van der Waals surface area contributed by atoms with Gasteiger partial charge in [-0.2, -0.15) is 0 Å². The van der Waals surface area contributed by atoms with E-state index in [-0.39, 0.29) is 5.54 Å². The lowest BCUT2D eigenvalue weighted by Crippen LogP contribution is -2.44. The lowest BCUT2D eigenvalue weighted by molar-refractivity contribution is 0.374. The van der Waals surface area contributed by atoms with Gasteiger partial charge in [0.2, 0.25) is 0 Å². The molecule has 0 aromatic carbocycles. The van der Waals surface area contributed by atoms with Gasteiger partial charge in [-0.1, -0.05) is 6.58 Å². The maximum absolute atomic E-state index is 3.96. The van der Waals surface area contributed by atoms with Crippen molar-refractivity contribution < 1.29 is 0 Å². The Bertz CT molecular complexity index is 180. The van der Waals surface area contributed by atoms with Crippen LogP contribution in [-0.4, -0.2) is 17.5 Å². The Morgan fingerprint density at radius 1 is 1.60 bits per heavy atom. The zero-order valence-electron chi connectivity index (χ0n) is 6.81. The van der Waals surface area contributed by atoms with E-state index in [0.717, 1.165) is 5.70 Å². The van der Waals surface area contributed by atoms with E-state index < -0.39 is 0 Å². The Hall–Kier alpha value is -0.920. The molecule has 1 aliphatic heterocycles. The van der Waals surface area contributed by atoms with Crippen molar-refractivity contribution in [3.63, 3.8) is 0 Å². The SMILES string of the molecule is C=C1N(C)C=CNC1(C)C. The Kier molecular flexibility index (Phi) is 1.47. The van der Waals surface area contributed by atoms with E-state index in [1.807, 2.05) is 24.3 Å². The summed E-state index contributed by atoms with van der Waals surface area (Å²) in [5.74, 6) is 0. The molecule has 0 saturated carbocycles. The van der Waals surface area contributed by atoms with Crippen molar-refractivity contribution in [3.05, 3.63) is 24.7 Å². The Morgan fingerprint density at radius 2 is 2.20 bits per heavy atom. The third kappa shape index (κ3) is 1.01.